The lowest BCUT2D eigenvalue weighted by Gasteiger charge is -2.35. The number of imide groups is 1. The molecule has 8 heteroatoms. The van der Waals surface area contributed by atoms with E-state index in [0.29, 0.717) is 24.6 Å². The summed E-state index contributed by atoms with van der Waals surface area (Å²) in [6.07, 6.45) is 8.85. The Morgan fingerprint density at radius 2 is 1.73 bits per heavy atom. The summed E-state index contributed by atoms with van der Waals surface area (Å²) in [5.74, 6) is -0.0578. The van der Waals surface area contributed by atoms with E-state index in [4.69, 9.17) is 9.47 Å². The van der Waals surface area contributed by atoms with Crippen LogP contribution in [0.1, 0.15) is 73.7 Å². The fourth-order valence-corrected chi connectivity index (χ4v) is 5.90. The minimum Gasteiger partial charge on any atom is -0.489 e. The van der Waals surface area contributed by atoms with Crippen molar-refractivity contribution in [1.82, 2.24) is 15.5 Å². The minimum atomic E-state index is -0.598. The smallest absolute Gasteiger partial charge is 0.255 e. The zero-order chi connectivity index (χ0) is 22.9. The maximum Gasteiger partial charge on any atom is 0.255 e. The van der Waals surface area contributed by atoms with Gasteiger partial charge in [0.2, 0.25) is 11.8 Å². The summed E-state index contributed by atoms with van der Waals surface area (Å²) in [7, 11) is 1.80. The molecule has 2 N–H and O–H groups in total. The molecular weight excluding hydrogens is 422 g/mol. The van der Waals surface area contributed by atoms with Gasteiger partial charge in [0, 0.05) is 37.7 Å². The van der Waals surface area contributed by atoms with Crippen LogP contribution in [0.25, 0.3) is 0 Å². The molecule has 0 spiro atoms. The van der Waals surface area contributed by atoms with Gasteiger partial charge in [-0.1, -0.05) is 6.42 Å². The molecule has 5 rings (SSSR count). The number of benzene rings is 1. The third-order valence-corrected chi connectivity index (χ3v) is 7.67. The van der Waals surface area contributed by atoms with Crippen molar-refractivity contribution in [3.05, 3.63) is 29.3 Å². The number of rotatable bonds is 6. The van der Waals surface area contributed by atoms with Crippen LogP contribution in [0.3, 0.4) is 0 Å². The van der Waals surface area contributed by atoms with Gasteiger partial charge in [-0.3, -0.25) is 19.7 Å². The lowest BCUT2D eigenvalue weighted by Crippen LogP contribution is -2.52. The molecule has 0 bridgehead atoms. The quantitative estimate of drug-likeness (QED) is 0.639. The summed E-state index contributed by atoms with van der Waals surface area (Å²) < 4.78 is 12.1. The number of carbonyl (C=O) groups excluding carboxylic acids is 3. The molecule has 3 unspecified atom stereocenters. The van der Waals surface area contributed by atoms with Gasteiger partial charge in [0.15, 0.2) is 0 Å². The van der Waals surface area contributed by atoms with Gasteiger partial charge in [-0.05, 0) is 68.7 Å². The summed E-state index contributed by atoms with van der Waals surface area (Å²) >= 11 is 0. The first-order valence-electron chi connectivity index (χ1n) is 12.3. The van der Waals surface area contributed by atoms with Gasteiger partial charge in [0.1, 0.15) is 17.9 Å². The second kappa shape index (κ2) is 9.43. The molecule has 0 radical (unpaired) electrons. The van der Waals surface area contributed by atoms with Crippen LogP contribution in [0, 0.1) is 0 Å². The van der Waals surface area contributed by atoms with Crippen molar-refractivity contribution in [1.29, 1.82) is 0 Å². The SMILES string of the molecule is COC1CCCC1N[C@H]1CCCC[C@H]1Oc1ccc2c(c1)CN(C1CCC(=O)NC1=O)C2=O. The fourth-order valence-electron chi connectivity index (χ4n) is 5.90. The van der Waals surface area contributed by atoms with E-state index in [0.717, 1.165) is 43.4 Å². The summed E-state index contributed by atoms with van der Waals surface area (Å²) in [5, 5.41) is 6.17. The van der Waals surface area contributed by atoms with Crippen LogP contribution in [-0.4, -0.2) is 60.1 Å². The van der Waals surface area contributed by atoms with Crippen LogP contribution in [0.4, 0.5) is 0 Å². The third-order valence-electron chi connectivity index (χ3n) is 7.67. The molecule has 5 atom stereocenters. The van der Waals surface area contributed by atoms with E-state index in [-0.39, 0.29) is 42.4 Å². The molecule has 1 aromatic rings. The minimum absolute atomic E-state index is 0.0817. The van der Waals surface area contributed by atoms with Crippen LogP contribution < -0.4 is 15.4 Å². The first-order chi connectivity index (χ1) is 16.0. The van der Waals surface area contributed by atoms with E-state index in [1.165, 1.54) is 12.8 Å². The normalized spacial score (nSPS) is 32.1. The highest BCUT2D eigenvalue weighted by Crippen LogP contribution is 2.32. The number of fused-ring (bicyclic) bond motifs is 1. The van der Waals surface area contributed by atoms with E-state index >= 15 is 0 Å². The highest BCUT2D eigenvalue weighted by atomic mass is 16.5. The lowest BCUT2D eigenvalue weighted by molar-refractivity contribution is -0.136. The van der Waals surface area contributed by atoms with Crippen LogP contribution >= 0.6 is 0 Å². The van der Waals surface area contributed by atoms with Gasteiger partial charge < -0.3 is 19.7 Å². The summed E-state index contributed by atoms with van der Waals surface area (Å²) in [6.45, 7) is 0.363. The molecule has 1 saturated heterocycles. The number of hydrogen-bond donors (Lipinski definition) is 2. The van der Waals surface area contributed by atoms with Crippen molar-refractivity contribution < 1.29 is 23.9 Å². The number of ether oxygens (including phenoxy) is 2. The first kappa shape index (κ1) is 22.3. The fraction of sp³-hybridized carbons (Fsp3) is 0.640. The van der Waals surface area contributed by atoms with Crippen molar-refractivity contribution in [3.63, 3.8) is 0 Å². The van der Waals surface area contributed by atoms with E-state index in [2.05, 4.69) is 10.6 Å². The number of nitrogens with one attached hydrogen (secondary N) is 2. The van der Waals surface area contributed by atoms with Crippen LogP contribution in [-0.2, 0) is 20.9 Å². The van der Waals surface area contributed by atoms with Gasteiger partial charge in [0.05, 0.1) is 6.10 Å². The highest BCUT2D eigenvalue weighted by Gasteiger charge is 2.39. The molecule has 2 heterocycles. The largest absolute Gasteiger partial charge is 0.489 e. The standard InChI is InChI=1S/C25H33N3O5/c1-32-21-8-4-6-18(21)26-19-5-2-3-7-22(19)33-16-9-10-17-15(13-16)14-28(25(17)31)20-11-12-23(29)27-24(20)30/h9-10,13,18-22,26H,2-8,11-12,14H2,1H3,(H,27,29,30)/t18?,19-,20?,21?,22+/m0/s1. The average Bonchev–Trinajstić information content (AvgIpc) is 3.39. The summed E-state index contributed by atoms with van der Waals surface area (Å²) in [5.41, 5.74) is 1.48. The van der Waals surface area contributed by atoms with Crippen LogP contribution in [0.5, 0.6) is 5.75 Å². The molecule has 8 nitrogen and oxygen atoms in total. The van der Waals surface area contributed by atoms with Gasteiger partial charge in [-0.15, -0.1) is 0 Å². The molecule has 2 aliphatic heterocycles. The Hall–Kier alpha value is -2.45. The van der Waals surface area contributed by atoms with Gasteiger partial charge in [0.25, 0.3) is 5.91 Å². The van der Waals surface area contributed by atoms with E-state index in [9.17, 15) is 14.4 Å². The number of carbonyl (C=O) groups is 3. The van der Waals surface area contributed by atoms with Gasteiger partial charge in [-0.2, -0.15) is 0 Å². The Bertz CT molecular complexity index is 935. The van der Waals surface area contributed by atoms with Crippen molar-refractivity contribution in [2.24, 2.45) is 0 Å². The van der Waals surface area contributed by atoms with Gasteiger partial charge in [-0.25, -0.2) is 0 Å². The molecular formula is C25H33N3O5. The van der Waals surface area contributed by atoms with Crippen molar-refractivity contribution >= 4 is 17.7 Å². The van der Waals surface area contributed by atoms with E-state index in [1.54, 1.807) is 12.0 Å². The number of methoxy groups -OCH3 is 1. The maximum atomic E-state index is 12.9. The molecule has 0 aromatic heterocycles. The monoisotopic (exact) mass is 455 g/mol. The third kappa shape index (κ3) is 4.51. The number of amides is 3. The highest BCUT2D eigenvalue weighted by molar-refractivity contribution is 6.05. The van der Waals surface area contributed by atoms with Crippen molar-refractivity contribution in [2.75, 3.05) is 7.11 Å². The number of piperidine rings is 1. The van der Waals surface area contributed by atoms with Gasteiger partial charge >= 0.3 is 0 Å². The zero-order valence-electron chi connectivity index (χ0n) is 19.2. The number of hydrogen-bond acceptors (Lipinski definition) is 6. The summed E-state index contributed by atoms with van der Waals surface area (Å²) in [4.78, 5) is 38.3. The molecule has 3 fully saturated rings. The van der Waals surface area contributed by atoms with E-state index < -0.39 is 6.04 Å². The topological polar surface area (TPSA) is 97.0 Å². The molecule has 4 aliphatic rings. The molecule has 178 valence electrons. The maximum absolute atomic E-state index is 12.9. The second-order valence-electron chi connectivity index (χ2n) is 9.74. The Morgan fingerprint density at radius 3 is 2.55 bits per heavy atom. The molecule has 3 amide bonds. The molecule has 1 aromatic carbocycles. The van der Waals surface area contributed by atoms with Crippen molar-refractivity contribution in [2.45, 2.75) is 94.7 Å². The average molecular weight is 456 g/mol. The zero-order valence-corrected chi connectivity index (χ0v) is 19.2. The molecule has 2 saturated carbocycles. The Labute approximate surface area is 194 Å². The predicted octanol–water partition coefficient (Wildman–Crippen LogP) is 2.29. The Balaban J connectivity index is 1.26. The second-order valence-corrected chi connectivity index (χ2v) is 9.74. The molecule has 2 aliphatic carbocycles. The van der Waals surface area contributed by atoms with Crippen molar-refractivity contribution in [3.8, 4) is 5.75 Å². The predicted molar refractivity (Wildman–Crippen MR) is 121 cm³/mol. The summed E-state index contributed by atoms with van der Waals surface area (Å²) in [6, 6.07) is 5.68. The van der Waals surface area contributed by atoms with Crippen LogP contribution in [0.2, 0.25) is 0 Å². The Kier molecular flexibility index (Phi) is 6.38. The van der Waals surface area contributed by atoms with Crippen LogP contribution in [0.15, 0.2) is 18.2 Å². The van der Waals surface area contributed by atoms with E-state index in [1.807, 2.05) is 18.2 Å². The number of nitrogens with zero attached hydrogens (tertiary/aromatic N) is 1. The Morgan fingerprint density at radius 1 is 0.970 bits per heavy atom. The first-order valence-corrected chi connectivity index (χ1v) is 12.3. The lowest BCUT2D eigenvalue weighted by atomic mass is 9.91. The molecule has 33 heavy (non-hydrogen) atoms.